The van der Waals surface area contributed by atoms with E-state index in [1.54, 1.807) is 37.6 Å². The van der Waals surface area contributed by atoms with Gasteiger partial charge >= 0.3 is 0 Å². The normalized spacial score (nSPS) is 20.7. The number of hydrogen-bond acceptors (Lipinski definition) is 7. The third-order valence-electron chi connectivity index (χ3n) is 6.84. The zero-order valence-electron chi connectivity index (χ0n) is 19.4. The van der Waals surface area contributed by atoms with E-state index in [0.717, 1.165) is 43.2 Å². The van der Waals surface area contributed by atoms with Gasteiger partial charge in [0.25, 0.3) is 0 Å². The fraction of sp³-hybridized carbons (Fsp3) is 0.440. The predicted octanol–water partition coefficient (Wildman–Crippen LogP) is 3.18. The van der Waals surface area contributed by atoms with Crippen molar-refractivity contribution in [3.63, 3.8) is 0 Å². The smallest absolute Gasteiger partial charge is 0.205 e. The Morgan fingerprint density at radius 1 is 1.24 bits per heavy atom. The summed E-state index contributed by atoms with van der Waals surface area (Å²) in [6, 6.07) is 6.45. The van der Waals surface area contributed by atoms with Crippen molar-refractivity contribution in [2.24, 2.45) is 0 Å². The second kappa shape index (κ2) is 10.1. The van der Waals surface area contributed by atoms with Gasteiger partial charge in [-0.1, -0.05) is 19.4 Å². The lowest BCUT2D eigenvalue weighted by molar-refractivity contribution is 0.0907. The van der Waals surface area contributed by atoms with Crippen LogP contribution in [-0.4, -0.2) is 65.3 Å². The van der Waals surface area contributed by atoms with Crippen LogP contribution in [0.1, 0.15) is 43.7 Å². The number of ether oxygens (including phenoxy) is 1. The van der Waals surface area contributed by atoms with Gasteiger partial charge in [0.15, 0.2) is 0 Å². The molecule has 1 aromatic rings. The van der Waals surface area contributed by atoms with E-state index < -0.39 is 0 Å². The Kier molecular flexibility index (Phi) is 7.03. The first-order valence-corrected chi connectivity index (χ1v) is 11.7. The quantitative estimate of drug-likeness (QED) is 0.308. The first kappa shape index (κ1) is 22.9. The Labute approximate surface area is 195 Å². The predicted molar refractivity (Wildman–Crippen MR) is 131 cm³/mol. The molecule has 5 N–H and O–H groups in total. The Balaban J connectivity index is 1.37. The molecule has 1 aliphatic carbocycles. The lowest BCUT2D eigenvalue weighted by Crippen LogP contribution is -2.47. The number of phenols is 1. The SMILES string of the molecule is CCN(C1CCC1)C1CCN(C(=N)C=CC(=N)c2ccc(C3=CNNC(OC)=C3)cc2O)C1. The van der Waals surface area contributed by atoms with Crippen molar-refractivity contribution in [3.05, 3.63) is 59.6 Å². The molecule has 2 fully saturated rings. The fourth-order valence-corrected chi connectivity index (χ4v) is 4.74. The third kappa shape index (κ3) is 5.06. The topological polar surface area (TPSA) is 108 Å². The van der Waals surface area contributed by atoms with E-state index in [-0.39, 0.29) is 11.5 Å². The Hall–Kier alpha value is -3.26. The van der Waals surface area contributed by atoms with Crippen LogP contribution in [0.4, 0.5) is 0 Å². The fourth-order valence-electron chi connectivity index (χ4n) is 4.74. The average molecular weight is 451 g/mol. The lowest BCUT2D eigenvalue weighted by atomic mass is 9.90. The van der Waals surface area contributed by atoms with Crippen molar-refractivity contribution in [2.45, 2.75) is 44.7 Å². The number of nitrogens with one attached hydrogen (secondary N) is 4. The number of hydrogen-bond donors (Lipinski definition) is 5. The molecule has 2 heterocycles. The van der Waals surface area contributed by atoms with Crippen LogP contribution in [0.25, 0.3) is 5.57 Å². The number of nitrogens with zero attached hydrogens (tertiary/aromatic N) is 2. The number of phenolic OH excluding ortho intramolecular Hbond substituents is 1. The number of benzene rings is 1. The number of allylic oxidation sites excluding steroid dienone is 3. The van der Waals surface area contributed by atoms with E-state index in [9.17, 15) is 5.11 Å². The maximum atomic E-state index is 10.5. The van der Waals surface area contributed by atoms with E-state index in [4.69, 9.17) is 15.6 Å². The molecule has 33 heavy (non-hydrogen) atoms. The summed E-state index contributed by atoms with van der Waals surface area (Å²) >= 11 is 0. The molecule has 4 rings (SSSR count). The minimum atomic E-state index is 0.0285. The zero-order valence-corrected chi connectivity index (χ0v) is 19.4. The van der Waals surface area contributed by atoms with Crippen LogP contribution in [0.2, 0.25) is 0 Å². The number of likely N-dealkylation sites (N-methyl/N-ethyl adjacent to an activating group) is 1. The molecule has 0 spiro atoms. The molecule has 1 saturated heterocycles. The molecular formula is C25H34N6O2. The van der Waals surface area contributed by atoms with Gasteiger partial charge in [0.05, 0.1) is 12.8 Å². The van der Waals surface area contributed by atoms with Crippen LogP contribution in [0, 0.1) is 10.8 Å². The van der Waals surface area contributed by atoms with Gasteiger partial charge < -0.3 is 25.6 Å². The summed E-state index contributed by atoms with van der Waals surface area (Å²) < 4.78 is 5.19. The largest absolute Gasteiger partial charge is 0.507 e. The van der Waals surface area contributed by atoms with Crippen LogP contribution in [-0.2, 0) is 4.74 Å². The molecule has 8 heteroatoms. The number of hydrazine groups is 1. The highest BCUT2D eigenvalue weighted by atomic mass is 16.5. The number of aromatic hydroxyl groups is 1. The molecule has 1 unspecified atom stereocenters. The number of likely N-dealkylation sites (tertiary alicyclic amines) is 1. The summed E-state index contributed by atoms with van der Waals surface area (Å²) in [5.41, 5.74) is 8.04. The van der Waals surface area contributed by atoms with Crippen LogP contribution < -0.4 is 10.9 Å². The third-order valence-corrected chi connectivity index (χ3v) is 6.84. The van der Waals surface area contributed by atoms with E-state index in [2.05, 4.69) is 27.6 Å². The van der Waals surface area contributed by atoms with Gasteiger partial charge in [-0.05, 0) is 55.7 Å². The van der Waals surface area contributed by atoms with E-state index in [0.29, 0.717) is 23.3 Å². The number of methoxy groups -OCH3 is 1. The summed E-state index contributed by atoms with van der Waals surface area (Å²) in [5, 5.41) is 27.4. The first-order chi connectivity index (χ1) is 16.0. The van der Waals surface area contributed by atoms with Gasteiger partial charge in [-0.15, -0.1) is 0 Å². The zero-order chi connectivity index (χ0) is 23.4. The summed E-state index contributed by atoms with van der Waals surface area (Å²) in [7, 11) is 1.58. The summed E-state index contributed by atoms with van der Waals surface area (Å²) in [6.45, 7) is 5.05. The molecule has 0 radical (unpaired) electrons. The lowest BCUT2D eigenvalue weighted by Gasteiger charge is -2.40. The maximum Gasteiger partial charge on any atom is 0.205 e. The Bertz CT molecular complexity index is 995. The molecule has 0 aromatic heterocycles. The van der Waals surface area contributed by atoms with Crippen molar-refractivity contribution in [1.82, 2.24) is 20.7 Å². The van der Waals surface area contributed by atoms with Crippen molar-refractivity contribution in [3.8, 4) is 5.75 Å². The Morgan fingerprint density at radius 2 is 2.06 bits per heavy atom. The number of rotatable bonds is 8. The molecule has 2 aliphatic heterocycles. The highest BCUT2D eigenvalue weighted by molar-refractivity contribution is 6.11. The van der Waals surface area contributed by atoms with E-state index in [1.165, 1.54) is 19.3 Å². The van der Waals surface area contributed by atoms with Crippen LogP contribution in [0.15, 0.2) is 48.5 Å². The summed E-state index contributed by atoms with van der Waals surface area (Å²) in [6.07, 6.45) is 11.9. The summed E-state index contributed by atoms with van der Waals surface area (Å²) in [5.74, 6) is 1.02. The van der Waals surface area contributed by atoms with Gasteiger partial charge in [0, 0.05) is 48.6 Å². The molecule has 176 valence electrons. The molecular weight excluding hydrogens is 416 g/mol. The second-order valence-electron chi connectivity index (χ2n) is 8.75. The molecule has 0 bridgehead atoms. The van der Waals surface area contributed by atoms with Crippen molar-refractivity contribution in [1.29, 1.82) is 10.8 Å². The van der Waals surface area contributed by atoms with Crippen molar-refractivity contribution >= 4 is 17.1 Å². The average Bonchev–Trinajstić information content (AvgIpc) is 3.29. The standard InChI is InChI=1S/C25H34N6O2/c1-3-31(19-5-4-6-19)20-11-12-30(16-20)24(27)10-9-22(26)21-8-7-17(13-23(21)32)18-14-25(33-2)29-28-15-18/h7-10,13-15,19-20,26-29,32H,3-6,11-12,16H2,1-2H3. The highest BCUT2D eigenvalue weighted by Gasteiger charge is 2.34. The van der Waals surface area contributed by atoms with Crippen molar-refractivity contribution < 1.29 is 9.84 Å². The van der Waals surface area contributed by atoms with Crippen LogP contribution in [0.3, 0.4) is 0 Å². The van der Waals surface area contributed by atoms with Gasteiger partial charge in [-0.3, -0.25) is 15.7 Å². The summed E-state index contributed by atoms with van der Waals surface area (Å²) in [4.78, 5) is 4.70. The molecule has 1 saturated carbocycles. The second-order valence-corrected chi connectivity index (χ2v) is 8.75. The van der Waals surface area contributed by atoms with E-state index in [1.807, 2.05) is 12.1 Å². The Morgan fingerprint density at radius 3 is 2.73 bits per heavy atom. The number of amidine groups is 1. The minimum Gasteiger partial charge on any atom is -0.507 e. The van der Waals surface area contributed by atoms with Gasteiger partial charge in [0.1, 0.15) is 11.6 Å². The maximum absolute atomic E-state index is 10.5. The van der Waals surface area contributed by atoms with Crippen LogP contribution in [0.5, 0.6) is 5.75 Å². The highest BCUT2D eigenvalue weighted by Crippen LogP contribution is 2.29. The molecule has 0 amide bonds. The molecule has 8 nitrogen and oxygen atoms in total. The van der Waals surface area contributed by atoms with Gasteiger partial charge in [-0.25, -0.2) is 0 Å². The molecule has 1 aromatic carbocycles. The van der Waals surface area contributed by atoms with Gasteiger partial charge in [0.2, 0.25) is 5.88 Å². The van der Waals surface area contributed by atoms with Gasteiger partial charge in [-0.2, -0.15) is 0 Å². The van der Waals surface area contributed by atoms with E-state index >= 15 is 0 Å². The molecule has 1 atom stereocenters. The van der Waals surface area contributed by atoms with Crippen LogP contribution >= 0.6 is 0 Å². The minimum absolute atomic E-state index is 0.0285. The monoisotopic (exact) mass is 450 g/mol. The first-order valence-electron chi connectivity index (χ1n) is 11.7. The molecule has 3 aliphatic rings. The van der Waals surface area contributed by atoms with Crippen molar-refractivity contribution in [2.75, 3.05) is 26.7 Å².